The summed E-state index contributed by atoms with van der Waals surface area (Å²) >= 11 is 0. The second-order valence-corrected chi connectivity index (χ2v) is 9.62. The van der Waals surface area contributed by atoms with Gasteiger partial charge in [0.25, 0.3) is 0 Å². The Morgan fingerprint density at radius 3 is 2.62 bits per heavy atom. The molecule has 0 saturated heterocycles. The van der Waals surface area contributed by atoms with E-state index in [0.717, 1.165) is 63.4 Å². The van der Waals surface area contributed by atoms with Gasteiger partial charge < -0.3 is 4.74 Å². The zero-order valence-electron chi connectivity index (χ0n) is 18.1. The van der Waals surface area contributed by atoms with Crippen molar-refractivity contribution in [2.75, 3.05) is 6.61 Å². The van der Waals surface area contributed by atoms with Crippen LogP contribution in [0.25, 0.3) is 0 Å². The molecule has 5 unspecified atom stereocenters. The quantitative estimate of drug-likeness (QED) is 0.476. The van der Waals surface area contributed by atoms with Gasteiger partial charge in [-0.3, -0.25) is 0 Å². The Kier molecular flexibility index (Phi) is 6.73. The molecule has 2 fully saturated rings. The molecule has 3 aliphatic rings. The van der Waals surface area contributed by atoms with Gasteiger partial charge in [0.1, 0.15) is 0 Å². The summed E-state index contributed by atoms with van der Waals surface area (Å²) in [5.41, 5.74) is 2.41. The Hall–Kier alpha value is -1.22. The SMILES string of the molecule is C/C=C/COC1CCC2CC(c3cc4c(c(F)c3F)CC(CC)CC4)CCC2C1. The minimum absolute atomic E-state index is 0.181. The monoisotopic (exact) mass is 402 g/mol. The number of allylic oxidation sites excluding steroid dienone is 1. The summed E-state index contributed by atoms with van der Waals surface area (Å²) in [5, 5.41) is 0. The summed E-state index contributed by atoms with van der Waals surface area (Å²) in [6.45, 7) is 4.88. The molecule has 0 heterocycles. The molecule has 0 aromatic heterocycles. The molecular weight excluding hydrogens is 366 g/mol. The van der Waals surface area contributed by atoms with Crippen LogP contribution >= 0.6 is 0 Å². The second-order valence-electron chi connectivity index (χ2n) is 9.62. The van der Waals surface area contributed by atoms with Gasteiger partial charge in [-0.15, -0.1) is 0 Å². The highest BCUT2D eigenvalue weighted by Crippen LogP contribution is 2.48. The molecule has 0 radical (unpaired) electrons. The van der Waals surface area contributed by atoms with E-state index in [0.29, 0.717) is 48.0 Å². The van der Waals surface area contributed by atoms with Crippen molar-refractivity contribution in [3.05, 3.63) is 46.5 Å². The number of aryl methyl sites for hydroxylation is 1. The lowest BCUT2D eigenvalue weighted by Crippen LogP contribution is -2.34. The van der Waals surface area contributed by atoms with Crippen LogP contribution in [0.15, 0.2) is 18.2 Å². The Morgan fingerprint density at radius 2 is 1.83 bits per heavy atom. The molecule has 0 bridgehead atoms. The van der Waals surface area contributed by atoms with E-state index >= 15 is 4.39 Å². The second kappa shape index (κ2) is 9.29. The van der Waals surface area contributed by atoms with Gasteiger partial charge in [0.05, 0.1) is 12.7 Å². The van der Waals surface area contributed by atoms with Crippen LogP contribution in [0.2, 0.25) is 0 Å². The lowest BCUT2D eigenvalue weighted by Gasteiger charge is -2.42. The number of rotatable bonds is 5. The average Bonchev–Trinajstić information content (AvgIpc) is 2.76. The summed E-state index contributed by atoms with van der Waals surface area (Å²) < 4.78 is 36.0. The van der Waals surface area contributed by atoms with Crippen LogP contribution in [0.1, 0.15) is 87.8 Å². The maximum Gasteiger partial charge on any atom is 0.162 e. The van der Waals surface area contributed by atoms with Gasteiger partial charge in [0, 0.05) is 0 Å². The maximum atomic E-state index is 15.1. The van der Waals surface area contributed by atoms with Crippen molar-refractivity contribution in [3.63, 3.8) is 0 Å². The number of ether oxygens (including phenoxy) is 1. The van der Waals surface area contributed by atoms with Gasteiger partial charge in [0.15, 0.2) is 11.6 Å². The van der Waals surface area contributed by atoms with E-state index < -0.39 is 11.6 Å². The molecule has 4 rings (SSSR count). The first-order chi connectivity index (χ1) is 14.1. The first kappa shape index (κ1) is 21.0. The number of benzene rings is 1. The zero-order valence-corrected chi connectivity index (χ0v) is 18.1. The predicted molar refractivity (Wildman–Crippen MR) is 114 cm³/mol. The van der Waals surface area contributed by atoms with Gasteiger partial charge in [-0.1, -0.05) is 31.6 Å². The molecule has 29 heavy (non-hydrogen) atoms. The van der Waals surface area contributed by atoms with E-state index in [2.05, 4.69) is 13.0 Å². The van der Waals surface area contributed by atoms with Crippen LogP contribution in [-0.4, -0.2) is 12.7 Å². The minimum Gasteiger partial charge on any atom is -0.374 e. The van der Waals surface area contributed by atoms with Crippen LogP contribution in [0.4, 0.5) is 8.78 Å². The van der Waals surface area contributed by atoms with E-state index in [9.17, 15) is 4.39 Å². The smallest absolute Gasteiger partial charge is 0.162 e. The third-order valence-corrected chi connectivity index (χ3v) is 7.99. The standard InChI is InChI=1S/C26H36F2O/c1-3-5-12-29-22-11-10-18-14-20(9-8-19(18)15-22)24-16-21-7-6-17(4-2)13-23(21)25(27)26(24)28/h3,5,16-20,22H,4,6-15H2,1-2H3/b5-3+. The number of hydrogen-bond acceptors (Lipinski definition) is 1. The lowest BCUT2D eigenvalue weighted by molar-refractivity contribution is -0.00337. The summed E-state index contributed by atoms with van der Waals surface area (Å²) in [5.74, 6) is 0.916. The summed E-state index contributed by atoms with van der Waals surface area (Å²) in [6, 6.07) is 2.04. The van der Waals surface area contributed by atoms with Crippen LogP contribution in [0.3, 0.4) is 0 Å². The molecule has 0 spiro atoms. The average molecular weight is 403 g/mol. The first-order valence-electron chi connectivity index (χ1n) is 11.8. The predicted octanol–water partition coefficient (Wildman–Crippen LogP) is 7.12. The molecular formula is C26H36F2O. The topological polar surface area (TPSA) is 9.23 Å². The Morgan fingerprint density at radius 1 is 1.03 bits per heavy atom. The van der Waals surface area contributed by atoms with Crippen LogP contribution in [0.5, 0.6) is 0 Å². The molecule has 0 N–H and O–H groups in total. The molecule has 5 atom stereocenters. The van der Waals surface area contributed by atoms with Crippen molar-refractivity contribution in [3.8, 4) is 0 Å². The normalized spacial score (nSPS) is 32.2. The molecule has 2 saturated carbocycles. The van der Waals surface area contributed by atoms with Crippen molar-refractivity contribution < 1.29 is 13.5 Å². The molecule has 160 valence electrons. The lowest BCUT2D eigenvalue weighted by atomic mass is 9.65. The van der Waals surface area contributed by atoms with Gasteiger partial charge in [0.2, 0.25) is 0 Å². The first-order valence-corrected chi connectivity index (χ1v) is 11.8. The molecule has 3 heteroatoms. The molecule has 1 aromatic rings. The van der Waals surface area contributed by atoms with Crippen molar-refractivity contribution in [1.82, 2.24) is 0 Å². The fraction of sp³-hybridized carbons (Fsp3) is 0.692. The zero-order chi connectivity index (χ0) is 20.4. The van der Waals surface area contributed by atoms with Gasteiger partial charge in [-0.25, -0.2) is 8.78 Å². The maximum absolute atomic E-state index is 15.1. The summed E-state index contributed by atoms with van der Waals surface area (Å²) in [6.07, 6.45) is 14.8. The van der Waals surface area contributed by atoms with Crippen LogP contribution in [-0.2, 0) is 17.6 Å². The molecule has 0 aliphatic heterocycles. The van der Waals surface area contributed by atoms with Gasteiger partial charge in [-0.2, -0.15) is 0 Å². The summed E-state index contributed by atoms with van der Waals surface area (Å²) in [7, 11) is 0. The van der Waals surface area contributed by atoms with Crippen molar-refractivity contribution >= 4 is 0 Å². The van der Waals surface area contributed by atoms with E-state index in [-0.39, 0.29) is 5.92 Å². The fourth-order valence-electron chi connectivity index (χ4n) is 6.15. The van der Waals surface area contributed by atoms with Gasteiger partial charge >= 0.3 is 0 Å². The largest absolute Gasteiger partial charge is 0.374 e. The minimum atomic E-state index is -0.549. The van der Waals surface area contributed by atoms with Crippen molar-refractivity contribution in [1.29, 1.82) is 0 Å². The molecule has 3 aliphatic carbocycles. The third kappa shape index (κ3) is 4.45. The van der Waals surface area contributed by atoms with Crippen molar-refractivity contribution in [2.24, 2.45) is 17.8 Å². The van der Waals surface area contributed by atoms with E-state index in [4.69, 9.17) is 4.74 Å². The highest BCUT2D eigenvalue weighted by atomic mass is 19.2. The van der Waals surface area contributed by atoms with Crippen LogP contribution < -0.4 is 0 Å². The molecule has 0 amide bonds. The number of hydrogen-bond donors (Lipinski definition) is 0. The Balaban J connectivity index is 1.44. The Labute approximate surface area is 174 Å². The Bertz CT molecular complexity index is 741. The van der Waals surface area contributed by atoms with E-state index in [1.807, 2.05) is 19.1 Å². The summed E-state index contributed by atoms with van der Waals surface area (Å²) in [4.78, 5) is 0. The van der Waals surface area contributed by atoms with E-state index in [1.165, 1.54) is 0 Å². The fourth-order valence-corrected chi connectivity index (χ4v) is 6.15. The van der Waals surface area contributed by atoms with E-state index in [1.54, 1.807) is 0 Å². The molecule has 1 aromatic carbocycles. The third-order valence-electron chi connectivity index (χ3n) is 7.99. The van der Waals surface area contributed by atoms with Gasteiger partial charge in [-0.05, 0) is 105 Å². The number of halogens is 2. The number of fused-ring (bicyclic) bond motifs is 2. The van der Waals surface area contributed by atoms with Crippen molar-refractivity contribution in [2.45, 2.75) is 90.1 Å². The highest BCUT2D eigenvalue weighted by Gasteiger charge is 2.38. The highest BCUT2D eigenvalue weighted by molar-refractivity contribution is 5.38. The van der Waals surface area contributed by atoms with Crippen LogP contribution in [0, 0.1) is 29.4 Å². The molecule has 1 nitrogen and oxygen atoms in total.